The molecule has 1 aromatic carbocycles. The van der Waals surface area contributed by atoms with Crippen LogP contribution in [0.5, 0.6) is 0 Å². The Morgan fingerprint density at radius 1 is 1.21 bits per heavy atom. The van der Waals surface area contributed by atoms with Gasteiger partial charge in [0.2, 0.25) is 5.91 Å². The van der Waals surface area contributed by atoms with Crippen LogP contribution in [0.15, 0.2) is 47.7 Å². The highest BCUT2D eigenvalue weighted by Gasteiger charge is 2.57. The molecule has 33 heavy (non-hydrogen) atoms. The molecule has 0 bridgehead atoms. The van der Waals surface area contributed by atoms with Crippen molar-refractivity contribution in [1.82, 2.24) is 14.8 Å². The van der Waals surface area contributed by atoms with Gasteiger partial charge in [0.05, 0.1) is 30.4 Å². The summed E-state index contributed by atoms with van der Waals surface area (Å²) in [6, 6.07) is 8.23. The van der Waals surface area contributed by atoms with Gasteiger partial charge in [0.15, 0.2) is 5.82 Å². The maximum Gasteiger partial charge on any atom is 0.455 e. The summed E-state index contributed by atoms with van der Waals surface area (Å²) in [5.74, 6) is -5.48. The number of aliphatic hydroxyl groups excluding tert-OH is 1. The maximum absolute atomic E-state index is 13.3. The van der Waals surface area contributed by atoms with Gasteiger partial charge in [-0.3, -0.25) is 9.48 Å². The Morgan fingerprint density at radius 3 is 2.48 bits per heavy atom. The number of nitrogens with zero attached hydrogens (tertiary/aromatic N) is 5. The number of hydrogen-bond donors (Lipinski definition) is 1. The molecule has 1 amide bonds. The van der Waals surface area contributed by atoms with E-state index in [1.54, 1.807) is 38.2 Å². The lowest BCUT2D eigenvalue weighted by molar-refractivity contribution is -0.287. The summed E-state index contributed by atoms with van der Waals surface area (Å²) in [5, 5.41) is 13.0. The van der Waals surface area contributed by atoms with E-state index in [-0.39, 0.29) is 23.8 Å². The zero-order valence-electron chi connectivity index (χ0n) is 17.6. The maximum atomic E-state index is 13.3. The Balaban J connectivity index is 1.73. The van der Waals surface area contributed by atoms with Crippen molar-refractivity contribution in [3.05, 3.63) is 48.3 Å². The monoisotopic (exact) mass is 469 g/mol. The van der Waals surface area contributed by atoms with E-state index in [4.69, 9.17) is 5.11 Å². The summed E-state index contributed by atoms with van der Waals surface area (Å²) >= 11 is 0. The Morgan fingerprint density at radius 2 is 1.88 bits per heavy atom. The molecule has 0 saturated heterocycles. The second kappa shape index (κ2) is 9.22. The number of carbonyl (C=O) groups excluding carboxylic acids is 1. The zero-order chi connectivity index (χ0) is 24.4. The predicted octanol–water partition coefficient (Wildman–Crippen LogP) is 3.97. The molecule has 0 aliphatic carbocycles. The Bertz CT molecular complexity index is 1160. The first kappa shape index (κ1) is 24.2. The van der Waals surface area contributed by atoms with Crippen LogP contribution in [-0.4, -0.2) is 57.7 Å². The Hall–Kier alpha value is -3.41. The highest BCUT2D eigenvalue weighted by atomic mass is 19.4. The Labute approximate surface area is 185 Å². The molecule has 0 spiro atoms. The fourth-order valence-electron chi connectivity index (χ4n) is 2.90. The van der Waals surface area contributed by atoms with Crippen molar-refractivity contribution >= 4 is 34.5 Å². The molecule has 2 heterocycles. The standard InChI is InChI=1S/C21H20F5N5O2/c1-13(11-32)19(33)30(2)16-5-3-14(4-6-16)8-27-18-7-15-9-29-31(17(15)10-28-18)12-20(22,23)21(24,25)26/h3-10,13,32H,11-12H2,1-2H3. The van der Waals surface area contributed by atoms with Crippen molar-refractivity contribution in [1.29, 1.82) is 0 Å². The van der Waals surface area contributed by atoms with Gasteiger partial charge < -0.3 is 10.0 Å². The van der Waals surface area contributed by atoms with E-state index in [1.807, 2.05) is 0 Å². The number of anilines is 1. The molecule has 1 atom stereocenters. The molecule has 2 aromatic heterocycles. The number of rotatable bonds is 7. The van der Waals surface area contributed by atoms with Crippen LogP contribution in [0.1, 0.15) is 12.5 Å². The molecule has 0 aliphatic rings. The number of alkyl halides is 5. The number of aliphatic imine (C=N–C) groups is 1. The summed E-state index contributed by atoms with van der Waals surface area (Å²) < 4.78 is 64.6. The molecule has 1 N–H and O–H groups in total. The van der Waals surface area contributed by atoms with Gasteiger partial charge >= 0.3 is 12.1 Å². The van der Waals surface area contributed by atoms with E-state index in [0.717, 1.165) is 12.4 Å². The lowest BCUT2D eigenvalue weighted by atomic mass is 10.1. The van der Waals surface area contributed by atoms with Crippen LogP contribution in [0.2, 0.25) is 0 Å². The van der Waals surface area contributed by atoms with Crippen LogP contribution in [0.3, 0.4) is 0 Å². The van der Waals surface area contributed by atoms with E-state index in [2.05, 4.69) is 15.1 Å². The van der Waals surface area contributed by atoms with Crippen molar-refractivity contribution in [3.8, 4) is 0 Å². The molecule has 1 unspecified atom stereocenters. The summed E-state index contributed by atoms with van der Waals surface area (Å²) in [7, 11) is 1.60. The summed E-state index contributed by atoms with van der Waals surface area (Å²) in [6.07, 6.45) is -1.90. The van der Waals surface area contributed by atoms with Crippen LogP contribution in [0.25, 0.3) is 10.9 Å². The van der Waals surface area contributed by atoms with Gasteiger partial charge in [-0.1, -0.05) is 19.1 Å². The number of fused-ring (bicyclic) bond motifs is 1. The second-order valence-electron chi connectivity index (χ2n) is 7.44. The van der Waals surface area contributed by atoms with Gasteiger partial charge in [-0.15, -0.1) is 0 Å². The van der Waals surface area contributed by atoms with Crippen LogP contribution in [0, 0.1) is 5.92 Å². The molecule has 0 aliphatic heterocycles. The van der Waals surface area contributed by atoms with Gasteiger partial charge in [0.25, 0.3) is 0 Å². The summed E-state index contributed by atoms with van der Waals surface area (Å²) in [6.45, 7) is -0.283. The molecule has 7 nitrogen and oxygen atoms in total. The molecule has 12 heteroatoms. The van der Waals surface area contributed by atoms with E-state index < -0.39 is 24.6 Å². The van der Waals surface area contributed by atoms with E-state index in [0.29, 0.717) is 21.3 Å². The fraction of sp³-hybridized carbons (Fsp3) is 0.333. The molecule has 3 aromatic rings. The first-order valence-electron chi connectivity index (χ1n) is 9.71. The third kappa shape index (κ3) is 5.33. The highest BCUT2D eigenvalue weighted by Crippen LogP contribution is 2.37. The topological polar surface area (TPSA) is 83.6 Å². The first-order valence-corrected chi connectivity index (χ1v) is 9.71. The smallest absolute Gasteiger partial charge is 0.396 e. The normalized spacial score (nSPS) is 13.6. The van der Waals surface area contributed by atoms with Crippen LogP contribution < -0.4 is 4.90 Å². The van der Waals surface area contributed by atoms with Crippen molar-refractivity contribution in [3.63, 3.8) is 0 Å². The van der Waals surface area contributed by atoms with E-state index >= 15 is 0 Å². The number of hydrogen-bond acceptors (Lipinski definition) is 5. The Kier molecular flexibility index (Phi) is 6.77. The summed E-state index contributed by atoms with van der Waals surface area (Å²) in [4.78, 5) is 21.7. The van der Waals surface area contributed by atoms with Crippen molar-refractivity contribution in [2.45, 2.75) is 25.6 Å². The molecule has 0 fully saturated rings. The third-order valence-electron chi connectivity index (χ3n) is 4.93. The van der Waals surface area contributed by atoms with Crippen molar-refractivity contribution < 1.29 is 31.9 Å². The number of carbonyl (C=O) groups is 1. The lowest BCUT2D eigenvalue weighted by Crippen LogP contribution is -2.40. The van der Waals surface area contributed by atoms with Gasteiger partial charge in [-0.2, -0.15) is 27.1 Å². The SMILES string of the molecule is CC(CO)C(=O)N(C)c1ccc(C=Nc2cc3cnn(CC(F)(F)C(F)(F)F)c3cn2)cc1. The highest BCUT2D eigenvalue weighted by molar-refractivity contribution is 5.95. The molecular weight excluding hydrogens is 449 g/mol. The van der Waals surface area contributed by atoms with Crippen molar-refractivity contribution in [2.75, 3.05) is 18.6 Å². The number of benzene rings is 1. The number of aromatic nitrogens is 3. The molecule has 0 radical (unpaired) electrons. The summed E-state index contributed by atoms with van der Waals surface area (Å²) in [5.41, 5.74) is 1.32. The number of halogens is 5. The lowest BCUT2D eigenvalue weighted by Gasteiger charge is -2.20. The van der Waals surface area contributed by atoms with Gasteiger partial charge in [-0.05, 0) is 23.8 Å². The second-order valence-corrected chi connectivity index (χ2v) is 7.44. The minimum absolute atomic E-state index is 0.0204. The minimum Gasteiger partial charge on any atom is -0.396 e. The molecular formula is C21H20F5N5O2. The largest absolute Gasteiger partial charge is 0.455 e. The van der Waals surface area contributed by atoms with Crippen molar-refractivity contribution in [2.24, 2.45) is 10.9 Å². The van der Waals surface area contributed by atoms with Gasteiger partial charge in [-0.25, -0.2) is 9.98 Å². The van der Waals surface area contributed by atoms with Gasteiger partial charge in [0.1, 0.15) is 6.54 Å². The first-order chi connectivity index (χ1) is 15.4. The predicted molar refractivity (Wildman–Crippen MR) is 112 cm³/mol. The minimum atomic E-state index is -5.68. The fourth-order valence-corrected chi connectivity index (χ4v) is 2.90. The van der Waals surface area contributed by atoms with E-state index in [1.165, 1.54) is 17.2 Å². The number of amides is 1. The average molecular weight is 469 g/mol. The number of pyridine rings is 1. The van der Waals surface area contributed by atoms with Crippen LogP contribution in [-0.2, 0) is 11.3 Å². The third-order valence-corrected chi connectivity index (χ3v) is 4.93. The quantitative estimate of drug-likeness (QED) is 0.419. The zero-order valence-corrected chi connectivity index (χ0v) is 17.6. The average Bonchev–Trinajstić information content (AvgIpc) is 3.17. The molecule has 3 rings (SSSR count). The molecule has 0 saturated carbocycles. The molecule has 176 valence electrons. The van der Waals surface area contributed by atoms with Crippen LogP contribution in [0.4, 0.5) is 33.5 Å². The number of aliphatic hydroxyl groups is 1. The van der Waals surface area contributed by atoms with Crippen LogP contribution >= 0.6 is 0 Å². The van der Waals surface area contributed by atoms with Gasteiger partial charge in [0, 0.05) is 24.3 Å². The van der Waals surface area contributed by atoms with E-state index in [9.17, 15) is 26.7 Å².